The molecule has 8 heteroatoms. The highest BCUT2D eigenvalue weighted by Gasteiger charge is 2.29. The van der Waals surface area contributed by atoms with Crippen molar-refractivity contribution in [3.05, 3.63) is 89.0 Å². The number of anilines is 1. The fraction of sp³-hybridized carbons (Fsp3) is 0.344. The van der Waals surface area contributed by atoms with Crippen LogP contribution < -0.4 is 16.0 Å². The molecule has 2 aliphatic rings. The Bertz CT molecular complexity index is 1600. The maximum absolute atomic E-state index is 15.3. The topological polar surface area (TPSA) is 88.6 Å². The number of nitrogens with zero attached hydrogens (tertiary/aromatic N) is 4. The molecule has 3 N–H and O–H groups in total. The number of fused-ring (bicyclic) bond motifs is 1. The van der Waals surface area contributed by atoms with Crippen LogP contribution in [0.3, 0.4) is 0 Å². The third-order valence-electron chi connectivity index (χ3n) is 8.06. The van der Waals surface area contributed by atoms with Crippen LogP contribution in [0.15, 0.2) is 60.7 Å². The molecule has 2 fully saturated rings. The molecule has 3 heterocycles. The number of carbonyl (C=O) groups excluding carboxylic acids is 1. The van der Waals surface area contributed by atoms with Crippen LogP contribution in [0.1, 0.15) is 66.3 Å². The number of amides is 1. The number of hydrogen-bond donors (Lipinski definition) is 2. The van der Waals surface area contributed by atoms with Gasteiger partial charge in [-0.25, -0.2) is 13.9 Å². The molecule has 1 aliphatic heterocycles. The van der Waals surface area contributed by atoms with Gasteiger partial charge in [0.2, 0.25) is 0 Å². The lowest BCUT2D eigenvalue weighted by Crippen LogP contribution is -2.27. The van der Waals surface area contributed by atoms with Gasteiger partial charge in [0.05, 0.1) is 5.69 Å². The van der Waals surface area contributed by atoms with E-state index in [1.807, 2.05) is 31.2 Å². The Balaban J connectivity index is 1.23. The van der Waals surface area contributed by atoms with Crippen molar-refractivity contribution in [1.82, 2.24) is 19.9 Å². The number of nitrogens with one attached hydrogen (secondary N) is 1. The molecule has 2 aromatic carbocycles. The number of hydrogen-bond acceptors (Lipinski definition) is 5. The SMILES string of the molecule is C/C=C(/C)c1ccccc1CCNC(=O)c1cc(C2CC2)n2nc(-c3ccc(N4CC[C@H](N)C4)cc3F)cc2n1. The molecule has 40 heavy (non-hydrogen) atoms. The lowest BCUT2D eigenvalue weighted by Gasteiger charge is -2.18. The van der Waals surface area contributed by atoms with Gasteiger partial charge in [-0.2, -0.15) is 5.10 Å². The first-order valence-electron chi connectivity index (χ1n) is 14.1. The highest BCUT2D eigenvalue weighted by Crippen LogP contribution is 2.40. The third kappa shape index (κ3) is 5.23. The van der Waals surface area contributed by atoms with E-state index in [2.05, 4.69) is 40.3 Å². The average molecular weight is 539 g/mol. The smallest absolute Gasteiger partial charge is 0.270 e. The highest BCUT2D eigenvalue weighted by atomic mass is 19.1. The van der Waals surface area contributed by atoms with Crippen molar-refractivity contribution >= 4 is 22.8 Å². The quantitative estimate of drug-likeness (QED) is 0.316. The number of benzene rings is 2. The summed E-state index contributed by atoms with van der Waals surface area (Å²) >= 11 is 0. The fourth-order valence-electron chi connectivity index (χ4n) is 5.53. The summed E-state index contributed by atoms with van der Waals surface area (Å²) in [5.41, 5.74) is 13.2. The van der Waals surface area contributed by atoms with Gasteiger partial charge < -0.3 is 16.0 Å². The van der Waals surface area contributed by atoms with Crippen molar-refractivity contribution in [3.8, 4) is 11.3 Å². The molecule has 0 radical (unpaired) electrons. The molecule has 206 valence electrons. The van der Waals surface area contributed by atoms with Gasteiger partial charge in [0.1, 0.15) is 11.5 Å². The zero-order chi connectivity index (χ0) is 27.8. The Morgan fingerprint density at radius 1 is 1.15 bits per heavy atom. The second-order valence-electron chi connectivity index (χ2n) is 10.9. The van der Waals surface area contributed by atoms with Crippen molar-refractivity contribution in [2.45, 2.75) is 51.5 Å². The summed E-state index contributed by atoms with van der Waals surface area (Å²) < 4.78 is 17.0. The van der Waals surface area contributed by atoms with Gasteiger partial charge in [-0.1, -0.05) is 30.3 Å². The second kappa shape index (κ2) is 10.8. The molecule has 0 spiro atoms. The maximum Gasteiger partial charge on any atom is 0.270 e. The molecule has 6 rings (SSSR count). The Hall–Kier alpha value is -4.04. The van der Waals surface area contributed by atoms with E-state index in [1.165, 1.54) is 16.7 Å². The van der Waals surface area contributed by atoms with Crippen LogP contribution in [0.5, 0.6) is 0 Å². The minimum absolute atomic E-state index is 0.123. The van der Waals surface area contributed by atoms with E-state index in [-0.39, 0.29) is 17.8 Å². The number of aromatic nitrogens is 3. The van der Waals surface area contributed by atoms with Gasteiger partial charge in [-0.3, -0.25) is 4.79 Å². The first-order valence-corrected chi connectivity index (χ1v) is 14.1. The van der Waals surface area contributed by atoms with E-state index in [4.69, 9.17) is 10.8 Å². The molecule has 1 saturated heterocycles. The van der Waals surface area contributed by atoms with Crippen LogP contribution in [-0.2, 0) is 6.42 Å². The highest BCUT2D eigenvalue weighted by molar-refractivity contribution is 5.93. The summed E-state index contributed by atoms with van der Waals surface area (Å²) in [5.74, 6) is -0.223. The standard InChI is InChI=1S/C32H35FN6O/c1-3-20(2)25-7-5-4-6-21(25)12-14-35-32(40)29-17-30(22-8-9-22)39-31(36-29)18-28(37-39)26-11-10-24(16-27(26)33)38-15-13-23(34)19-38/h3-7,10-11,16-18,22-23H,8-9,12-15,19,34H2,1-2H3,(H,35,40)/b20-3-/t23-/m0/s1. The summed E-state index contributed by atoms with van der Waals surface area (Å²) in [6, 6.07) is 17.2. The molecular weight excluding hydrogens is 503 g/mol. The zero-order valence-corrected chi connectivity index (χ0v) is 23.0. The molecule has 2 aromatic heterocycles. The zero-order valence-electron chi connectivity index (χ0n) is 23.0. The van der Waals surface area contributed by atoms with E-state index in [0.717, 1.165) is 50.2 Å². The van der Waals surface area contributed by atoms with Crippen molar-refractivity contribution in [3.63, 3.8) is 0 Å². The normalized spacial score (nSPS) is 17.6. The molecule has 1 atom stereocenters. The minimum Gasteiger partial charge on any atom is -0.370 e. The Kier molecular flexibility index (Phi) is 7.11. The van der Waals surface area contributed by atoms with Crippen LogP contribution in [0, 0.1) is 5.82 Å². The van der Waals surface area contributed by atoms with Crippen molar-refractivity contribution in [1.29, 1.82) is 0 Å². The van der Waals surface area contributed by atoms with Crippen LogP contribution in [0.4, 0.5) is 10.1 Å². The predicted octanol–water partition coefficient (Wildman–Crippen LogP) is 5.35. The van der Waals surface area contributed by atoms with Gasteiger partial charge in [0.15, 0.2) is 5.65 Å². The maximum atomic E-state index is 15.3. The predicted molar refractivity (Wildman–Crippen MR) is 157 cm³/mol. The van der Waals surface area contributed by atoms with Crippen LogP contribution in [0.25, 0.3) is 22.5 Å². The number of allylic oxidation sites excluding steroid dienone is 2. The van der Waals surface area contributed by atoms with Crippen molar-refractivity contribution in [2.75, 3.05) is 24.5 Å². The summed E-state index contributed by atoms with van der Waals surface area (Å²) in [4.78, 5) is 19.9. The molecule has 0 bridgehead atoms. The molecule has 0 unspecified atom stereocenters. The van der Waals surface area contributed by atoms with Crippen LogP contribution in [0.2, 0.25) is 0 Å². The first kappa shape index (κ1) is 26.2. The largest absolute Gasteiger partial charge is 0.370 e. The summed E-state index contributed by atoms with van der Waals surface area (Å²) in [7, 11) is 0. The van der Waals surface area contributed by atoms with E-state index in [1.54, 1.807) is 22.7 Å². The van der Waals surface area contributed by atoms with Crippen molar-refractivity contribution in [2.24, 2.45) is 5.73 Å². The van der Waals surface area contributed by atoms with Crippen LogP contribution in [-0.4, -0.2) is 46.2 Å². The first-order chi connectivity index (χ1) is 19.4. The van der Waals surface area contributed by atoms with E-state index in [0.29, 0.717) is 35.1 Å². The lowest BCUT2D eigenvalue weighted by molar-refractivity contribution is 0.0949. The van der Waals surface area contributed by atoms with E-state index in [9.17, 15) is 4.79 Å². The Morgan fingerprint density at radius 2 is 1.98 bits per heavy atom. The van der Waals surface area contributed by atoms with Gasteiger partial charge in [-0.05, 0) is 80.5 Å². The minimum atomic E-state index is -0.333. The van der Waals surface area contributed by atoms with Gasteiger partial charge in [-0.15, -0.1) is 0 Å². The Morgan fingerprint density at radius 3 is 2.70 bits per heavy atom. The fourth-order valence-corrected chi connectivity index (χ4v) is 5.53. The summed E-state index contributed by atoms with van der Waals surface area (Å²) in [6.07, 6.45) is 5.80. The summed E-state index contributed by atoms with van der Waals surface area (Å²) in [6.45, 7) is 6.19. The number of nitrogens with two attached hydrogens (primary N) is 1. The van der Waals surface area contributed by atoms with E-state index >= 15 is 4.39 Å². The summed E-state index contributed by atoms with van der Waals surface area (Å²) in [5, 5.41) is 7.77. The van der Waals surface area contributed by atoms with Gasteiger partial charge >= 0.3 is 0 Å². The molecule has 4 aromatic rings. The van der Waals surface area contributed by atoms with Gasteiger partial charge in [0.25, 0.3) is 5.91 Å². The van der Waals surface area contributed by atoms with Crippen molar-refractivity contribution < 1.29 is 9.18 Å². The Labute approximate surface area is 233 Å². The lowest BCUT2D eigenvalue weighted by atomic mass is 9.98. The average Bonchev–Trinajstić information content (AvgIpc) is 3.57. The molecule has 1 amide bonds. The number of rotatable bonds is 8. The third-order valence-corrected chi connectivity index (χ3v) is 8.06. The number of halogens is 1. The molecule has 1 saturated carbocycles. The second-order valence-corrected chi connectivity index (χ2v) is 10.9. The molecule has 1 aliphatic carbocycles. The monoisotopic (exact) mass is 538 g/mol. The van der Waals surface area contributed by atoms with E-state index < -0.39 is 0 Å². The molecular formula is C32H35FN6O. The molecule has 7 nitrogen and oxygen atoms in total. The van der Waals surface area contributed by atoms with Gasteiger partial charge in [0, 0.05) is 54.6 Å². The van der Waals surface area contributed by atoms with Crippen LogP contribution >= 0.6 is 0 Å². The number of carbonyl (C=O) groups is 1.